The molecule has 0 spiro atoms. The van der Waals surface area contributed by atoms with Gasteiger partial charge in [-0.1, -0.05) is 26.7 Å². The Labute approximate surface area is 157 Å². The van der Waals surface area contributed by atoms with Crippen LogP contribution in [0.2, 0.25) is 0 Å². The number of piperazine rings is 1. The zero-order valence-electron chi connectivity index (χ0n) is 16.5. The van der Waals surface area contributed by atoms with E-state index < -0.39 is 6.04 Å². The summed E-state index contributed by atoms with van der Waals surface area (Å²) in [5.41, 5.74) is 0. The van der Waals surface area contributed by atoms with Crippen molar-refractivity contribution in [3.8, 4) is 0 Å². The van der Waals surface area contributed by atoms with E-state index in [9.17, 15) is 14.4 Å². The molecule has 7 heteroatoms. The summed E-state index contributed by atoms with van der Waals surface area (Å²) >= 11 is 0. The van der Waals surface area contributed by atoms with Crippen LogP contribution in [0.4, 0.5) is 0 Å². The molecule has 0 saturated carbocycles. The maximum atomic E-state index is 12.7. The van der Waals surface area contributed by atoms with Crippen LogP contribution in [0.25, 0.3) is 0 Å². The monoisotopic (exact) mass is 366 g/mol. The van der Waals surface area contributed by atoms with Crippen molar-refractivity contribution in [1.82, 2.24) is 20.0 Å². The van der Waals surface area contributed by atoms with Crippen molar-refractivity contribution in [2.75, 3.05) is 45.8 Å². The lowest BCUT2D eigenvalue weighted by molar-refractivity contribution is -0.139. The Morgan fingerprint density at radius 1 is 0.846 bits per heavy atom. The van der Waals surface area contributed by atoms with Gasteiger partial charge in [-0.25, -0.2) is 0 Å². The molecule has 1 atom stereocenters. The summed E-state index contributed by atoms with van der Waals surface area (Å²) in [6.45, 7) is 10.1. The van der Waals surface area contributed by atoms with Crippen LogP contribution in [0, 0.1) is 5.92 Å². The molecule has 0 aliphatic carbocycles. The van der Waals surface area contributed by atoms with Crippen LogP contribution in [-0.2, 0) is 14.4 Å². The number of rotatable bonds is 5. The lowest BCUT2D eigenvalue weighted by Crippen LogP contribution is -2.57. The average molecular weight is 367 g/mol. The molecular formula is C19H34N4O3. The Morgan fingerprint density at radius 3 is 1.92 bits per heavy atom. The minimum absolute atomic E-state index is 0.0197. The number of nitrogens with one attached hydrogen (secondary N) is 1. The van der Waals surface area contributed by atoms with Crippen molar-refractivity contribution < 1.29 is 14.4 Å². The van der Waals surface area contributed by atoms with Crippen LogP contribution < -0.4 is 5.32 Å². The third kappa shape index (κ3) is 5.97. The normalized spacial score (nSPS) is 20.6. The van der Waals surface area contributed by atoms with Gasteiger partial charge in [-0.3, -0.25) is 19.3 Å². The Hall–Kier alpha value is -1.63. The Balaban J connectivity index is 1.81. The van der Waals surface area contributed by atoms with E-state index in [1.165, 1.54) is 19.8 Å². The van der Waals surface area contributed by atoms with Crippen LogP contribution in [-0.4, -0.2) is 84.3 Å². The second-order valence-corrected chi connectivity index (χ2v) is 7.82. The summed E-state index contributed by atoms with van der Waals surface area (Å²) in [4.78, 5) is 42.5. The summed E-state index contributed by atoms with van der Waals surface area (Å²) in [5, 5.41) is 2.76. The smallest absolute Gasteiger partial charge is 0.245 e. The number of hydrogen-bond acceptors (Lipinski definition) is 4. The van der Waals surface area contributed by atoms with E-state index in [0.29, 0.717) is 32.7 Å². The number of nitrogens with zero attached hydrogens (tertiary/aromatic N) is 3. The van der Waals surface area contributed by atoms with Crippen molar-refractivity contribution >= 4 is 17.7 Å². The Bertz CT molecular complexity index is 493. The molecule has 0 aromatic heterocycles. The SMILES string of the molecule is CC(=O)NC(C(=O)N1CCN(CC(=O)N2CCCCCC2)CC1)C(C)C. The summed E-state index contributed by atoms with van der Waals surface area (Å²) in [5.74, 6) is 0.0615. The van der Waals surface area contributed by atoms with Gasteiger partial charge in [0.15, 0.2) is 0 Å². The highest BCUT2D eigenvalue weighted by molar-refractivity contribution is 5.87. The molecule has 2 rings (SSSR count). The van der Waals surface area contributed by atoms with Gasteiger partial charge < -0.3 is 15.1 Å². The van der Waals surface area contributed by atoms with Gasteiger partial charge in [0.2, 0.25) is 17.7 Å². The van der Waals surface area contributed by atoms with E-state index >= 15 is 0 Å². The number of amides is 3. The topological polar surface area (TPSA) is 73.0 Å². The third-order valence-corrected chi connectivity index (χ3v) is 5.29. The molecule has 0 aromatic carbocycles. The standard InChI is InChI=1S/C19H34N4O3/c1-15(2)18(20-16(3)24)19(26)23-12-10-21(11-13-23)14-17(25)22-8-6-4-5-7-9-22/h15,18H,4-14H2,1-3H3,(H,20,24). The molecular weight excluding hydrogens is 332 g/mol. The van der Waals surface area contributed by atoms with Crippen molar-refractivity contribution in [3.63, 3.8) is 0 Å². The van der Waals surface area contributed by atoms with E-state index in [4.69, 9.17) is 0 Å². The quantitative estimate of drug-likeness (QED) is 0.777. The van der Waals surface area contributed by atoms with Crippen molar-refractivity contribution in [3.05, 3.63) is 0 Å². The highest BCUT2D eigenvalue weighted by Gasteiger charge is 2.30. The van der Waals surface area contributed by atoms with Gasteiger partial charge in [0.1, 0.15) is 6.04 Å². The number of likely N-dealkylation sites (tertiary alicyclic amines) is 1. The molecule has 0 aromatic rings. The maximum Gasteiger partial charge on any atom is 0.245 e. The van der Waals surface area contributed by atoms with Crippen molar-refractivity contribution in [1.29, 1.82) is 0 Å². The first-order chi connectivity index (χ1) is 12.4. The minimum atomic E-state index is -0.474. The lowest BCUT2D eigenvalue weighted by atomic mass is 10.0. The largest absolute Gasteiger partial charge is 0.344 e. The fourth-order valence-electron chi connectivity index (χ4n) is 3.67. The van der Waals surface area contributed by atoms with Gasteiger partial charge in [0.25, 0.3) is 0 Å². The minimum Gasteiger partial charge on any atom is -0.344 e. The second kappa shape index (κ2) is 9.90. The molecule has 0 radical (unpaired) electrons. The molecule has 1 N–H and O–H groups in total. The van der Waals surface area contributed by atoms with Gasteiger partial charge >= 0.3 is 0 Å². The van der Waals surface area contributed by atoms with Crippen LogP contribution in [0.1, 0.15) is 46.5 Å². The summed E-state index contributed by atoms with van der Waals surface area (Å²) in [6.07, 6.45) is 4.65. The first kappa shape index (κ1) is 20.7. The number of hydrogen-bond donors (Lipinski definition) is 1. The third-order valence-electron chi connectivity index (χ3n) is 5.29. The summed E-state index contributed by atoms with van der Waals surface area (Å²) in [7, 11) is 0. The van der Waals surface area contributed by atoms with Crippen LogP contribution in [0.3, 0.4) is 0 Å². The van der Waals surface area contributed by atoms with Gasteiger partial charge in [0, 0.05) is 46.2 Å². The van der Waals surface area contributed by atoms with E-state index in [1.54, 1.807) is 0 Å². The molecule has 26 heavy (non-hydrogen) atoms. The van der Waals surface area contributed by atoms with Gasteiger partial charge in [-0.15, -0.1) is 0 Å². The molecule has 2 aliphatic heterocycles. The summed E-state index contributed by atoms with van der Waals surface area (Å²) < 4.78 is 0. The Morgan fingerprint density at radius 2 is 1.42 bits per heavy atom. The van der Waals surface area contributed by atoms with E-state index in [2.05, 4.69) is 10.2 Å². The van der Waals surface area contributed by atoms with E-state index in [0.717, 1.165) is 25.9 Å². The highest BCUT2D eigenvalue weighted by atomic mass is 16.2. The molecule has 2 fully saturated rings. The van der Waals surface area contributed by atoms with Crippen LogP contribution in [0.5, 0.6) is 0 Å². The van der Waals surface area contributed by atoms with Crippen molar-refractivity contribution in [2.45, 2.75) is 52.5 Å². The predicted octanol–water partition coefficient (Wildman–Crippen LogP) is 0.694. The number of carbonyl (C=O) groups is 3. The van der Waals surface area contributed by atoms with Gasteiger partial charge in [0.05, 0.1) is 6.54 Å². The number of carbonyl (C=O) groups excluding carboxylic acids is 3. The molecule has 3 amide bonds. The zero-order chi connectivity index (χ0) is 19.1. The van der Waals surface area contributed by atoms with Crippen LogP contribution >= 0.6 is 0 Å². The molecule has 2 saturated heterocycles. The van der Waals surface area contributed by atoms with Crippen LogP contribution in [0.15, 0.2) is 0 Å². The molecule has 2 aliphatic rings. The second-order valence-electron chi connectivity index (χ2n) is 7.82. The molecule has 2 heterocycles. The van der Waals surface area contributed by atoms with E-state index in [1.807, 2.05) is 23.6 Å². The fourth-order valence-corrected chi connectivity index (χ4v) is 3.67. The first-order valence-electron chi connectivity index (χ1n) is 9.94. The van der Waals surface area contributed by atoms with Gasteiger partial charge in [-0.2, -0.15) is 0 Å². The predicted molar refractivity (Wildman–Crippen MR) is 101 cm³/mol. The Kier molecular flexibility index (Phi) is 7.87. The first-order valence-corrected chi connectivity index (χ1v) is 9.94. The summed E-state index contributed by atoms with van der Waals surface area (Å²) in [6, 6.07) is -0.474. The average Bonchev–Trinajstić information content (AvgIpc) is 2.89. The highest BCUT2D eigenvalue weighted by Crippen LogP contribution is 2.12. The van der Waals surface area contributed by atoms with Gasteiger partial charge in [-0.05, 0) is 18.8 Å². The molecule has 148 valence electrons. The van der Waals surface area contributed by atoms with Crippen molar-refractivity contribution in [2.24, 2.45) is 5.92 Å². The van der Waals surface area contributed by atoms with E-state index in [-0.39, 0.29) is 23.6 Å². The fraction of sp³-hybridized carbons (Fsp3) is 0.842. The molecule has 0 bridgehead atoms. The molecule has 7 nitrogen and oxygen atoms in total. The zero-order valence-corrected chi connectivity index (χ0v) is 16.5. The maximum absolute atomic E-state index is 12.7. The lowest BCUT2D eigenvalue weighted by Gasteiger charge is -2.37. The molecule has 1 unspecified atom stereocenters.